The van der Waals surface area contributed by atoms with E-state index in [9.17, 15) is 14.3 Å². The van der Waals surface area contributed by atoms with Crippen LogP contribution in [-0.4, -0.2) is 13.7 Å². The molecular weight excluding hydrogens is 262 g/mol. The summed E-state index contributed by atoms with van der Waals surface area (Å²) in [5, 5.41) is 10.4. The van der Waals surface area contributed by atoms with Gasteiger partial charge in [-0.1, -0.05) is 15.9 Å². The highest BCUT2D eigenvalue weighted by molar-refractivity contribution is 9.10. The standard InChI is InChI=1S/C6H4BrNO4S/c7-4-1-2-5(8(9)10)6(3-4)13(11)12/h1-3H,(H,11,12). The average Bonchev–Trinajstić information content (AvgIpc) is 2.03. The van der Waals surface area contributed by atoms with E-state index < -0.39 is 16.0 Å². The zero-order valence-corrected chi connectivity index (χ0v) is 8.54. The van der Waals surface area contributed by atoms with E-state index in [-0.39, 0.29) is 10.6 Å². The topological polar surface area (TPSA) is 80.4 Å². The van der Waals surface area contributed by atoms with E-state index >= 15 is 0 Å². The van der Waals surface area contributed by atoms with Gasteiger partial charge in [0.1, 0.15) is 4.90 Å². The van der Waals surface area contributed by atoms with E-state index in [1.54, 1.807) is 0 Å². The molecule has 0 bridgehead atoms. The summed E-state index contributed by atoms with van der Waals surface area (Å²) in [7, 11) is 0. The highest BCUT2D eigenvalue weighted by Gasteiger charge is 2.17. The molecule has 0 fully saturated rings. The Morgan fingerprint density at radius 3 is 2.62 bits per heavy atom. The predicted octanol–water partition coefficient (Wildman–Crippen LogP) is 1.94. The van der Waals surface area contributed by atoms with Crippen LogP contribution in [0.5, 0.6) is 0 Å². The van der Waals surface area contributed by atoms with Gasteiger partial charge in [0.2, 0.25) is 0 Å². The Bertz CT molecular complexity index is 381. The van der Waals surface area contributed by atoms with Crippen LogP contribution >= 0.6 is 15.9 Å². The molecule has 0 aliphatic heterocycles. The Hall–Kier alpha value is -0.790. The number of benzene rings is 1. The maximum absolute atomic E-state index is 10.7. The lowest BCUT2D eigenvalue weighted by Gasteiger charge is -1.97. The Kier molecular flexibility index (Phi) is 3.12. The van der Waals surface area contributed by atoms with Gasteiger partial charge in [0, 0.05) is 10.5 Å². The smallest absolute Gasteiger partial charge is 0.287 e. The first-order valence-corrected chi connectivity index (χ1v) is 4.97. The molecule has 0 amide bonds. The second-order valence-electron chi connectivity index (χ2n) is 2.12. The lowest BCUT2D eigenvalue weighted by atomic mass is 10.3. The molecule has 0 radical (unpaired) electrons. The fourth-order valence-electron chi connectivity index (χ4n) is 0.779. The summed E-state index contributed by atoms with van der Waals surface area (Å²) >= 11 is 0.703. The highest BCUT2D eigenvalue weighted by Crippen LogP contribution is 2.24. The summed E-state index contributed by atoms with van der Waals surface area (Å²) in [4.78, 5) is 9.47. The number of hydrogen-bond acceptors (Lipinski definition) is 3. The van der Waals surface area contributed by atoms with Gasteiger partial charge in [-0.25, -0.2) is 4.21 Å². The van der Waals surface area contributed by atoms with Crippen molar-refractivity contribution in [3.05, 3.63) is 32.8 Å². The molecule has 7 heteroatoms. The number of rotatable bonds is 2. The molecule has 1 unspecified atom stereocenters. The molecule has 1 N–H and O–H groups in total. The molecule has 1 aromatic carbocycles. The molecule has 0 saturated carbocycles. The number of nitrogens with zero attached hydrogens (tertiary/aromatic N) is 1. The quantitative estimate of drug-likeness (QED) is 0.504. The van der Waals surface area contributed by atoms with Crippen LogP contribution in [0, 0.1) is 10.1 Å². The molecule has 0 heterocycles. The molecule has 0 aliphatic carbocycles. The van der Waals surface area contributed by atoms with Crippen LogP contribution in [0.2, 0.25) is 0 Å². The largest absolute Gasteiger partial charge is 0.302 e. The molecule has 1 rings (SSSR count). The third kappa shape index (κ3) is 2.33. The third-order valence-corrected chi connectivity index (χ3v) is 2.50. The minimum absolute atomic E-state index is 0.209. The van der Waals surface area contributed by atoms with Gasteiger partial charge >= 0.3 is 0 Å². The first-order valence-electron chi connectivity index (χ1n) is 3.07. The molecule has 0 aliphatic rings. The second-order valence-corrected chi connectivity index (χ2v) is 3.97. The number of nitro benzene ring substituents is 1. The summed E-state index contributed by atoms with van der Waals surface area (Å²) in [5.41, 5.74) is -0.357. The fraction of sp³-hybridized carbons (Fsp3) is 0. The first-order chi connectivity index (χ1) is 6.02. The summed E-state index contributed by atoms with van der Waals surface area (Å²) in [6.45, 7) is 0. The van der Waals surface area contributed by atoms with Gasteiger partial charge in [0.25, 0.3) is 5.69 Å². The minimum Gasteiger partial charge on any atom is -0.302 e. The van der Waals surface area contributed by atoms with Gasteiger partial charge < -0.3 is 4.55 Å². The van der Waals surface area contributed by atoms with Crippen molar-refractivity contribution in [3.63, 3.8) is 0 Å². The molecule has 70 valence electrons. The molecule has 1 aromatic rings. The minimum atomic E-state index is -2.34. The van der Waals surface area contributed by atoms with Gasteiger partial charge in [0.05, 0.1) is 4.92 Å². The van der Waals surface area contributed by atoms with Gasteiger partial charge in [0.15, 0.2) is 11.1 Å². The van der Waals surface area contributed by atoms with Crippen LogP contribution in [-0.2, 0) is 11.1 Å². The van der Waals surface area contributed by atoms with Crippen LogP contribution in [0.3, 0.4) is 0 Å². The molecule has 5 nitrogen and oxygen atoms in total. The summed E-state index contributed by atoms with van der Waals surface area (Å²) < 4.78 is 19.9. The van der Waals surface area contributed by atoms with Gasteiger partial charge in [-0.15, -0.1) is 0 Å². The molecular formula is C6H4BrNO4S. The van der Waals surface area contributed by atoms with E-state index in [4.69, 9.17) is 4.55 Å². The summed E-state index contributed by atoms with van der Waals surface area (Å²) in [6.07, 6.45) is 0. The SMILES string of the molecule is O=[N+]([O-])c1ccc(Br)cc1S(=O)O. The third-order valence-electron chi connectivity index (χ3n) is 1.31. The van der Waals surface area contributed by atoms with Crippen LogP contribution in [0.25, 0.3) is 0 Å². The van der Waals surface area contributed by atoms with E-state index in [1.165, 1.54) is 18.2 Å². The van der Waals surface area contributed by atoms with Crippen molar-refractivity contribution in [1.29, 1.82) is 0 Å². The molecule has 0 saturated heterocycles. The molecule has 13 heavy (non-hydrogen) atoms. The molecule has 0 spiro atoms. The maximum atomic E-state index is 10.7. The zero-order chi connectivity index (χ0) is 10.0. The molecule has 1 atom stereocenters. The first kappa shape index (κ1) is 10.3. The van der Waals surface area contributed by atoms with Gasteiger partial charge in [-0.05, 0) is 12.1 Å². The van der Waals surface area contributed by atoms with Crippen molar-refractivity contribution in [1.82, 2.24) is 0 Å². The Balaban J connectivity index is 3.35. The summed E-state index contributed by atoms with van der Waals surface area (Å²) in [5.74, 6) is 0. The van der Waals surface area contributed by atoms with E-state index in [2.05, 4.69) is 15.9 Å². The average molecular weight is 266 g/mol. The molecule has 0 aromatic heterocycles. The van der Waals surface area contributed by atoms with E-state index in [0.717, 1.165) is 0 Å². The van der Waals surface area contributed by atoms with Crippen molar-refractivity contribution in [2.45, 2.75) is 4.90 Å². The normalized spacial score (nSPS) is 12.5. The Morgan fingerprint density at radius 1 is 1.54 bits per heavy atom. The van der Waals surface area contributed by atoms with Crippen LogP contribution < -0.4 is 0 Å². The van der Waals surface area contributed by atoms with Crippen LogP contribution in [0.4, 0.5) is 5.69 Å². The highest BCUT2D eigenvalue weighted by atomic mass is 79.9. The summed E-state index contributed by atoms with van der Waals surface area (Å²) in [6, 6.07) is 3.86. The van der Waals surface area contributed by atoms with Gasteiger partial charge in [-0.2, -0.15) is 0 Å². The second kappa shape index (κ2) is 3.95. The maximum Gasteiger partial charge on any atom is 0.287 e. The number of nitro groups is 1. The van der Waals surface area contributed by atoms with E-state index in [1.807, 2.05) is 0 Å². The Morgan fingerprint density at radius 2 is 2.15 bits per heavy atom. The number of halogens is 1. The number of hydrogen-bond donors (Lipinski definition) is 1. The monoisotopic (exact) mass is 265 g/mol. The van der Waals surface area contributed by atoms with Crippen molar-refractivity contribution in [2.24, 2.45) is 0 Å². The fourth-order valence-corrected chi connectivity index (χ4v) is 1.84. The van der Waals surface area contributed by atoms with Crippen LogP contribution in [0.15, 0.2) is 27.6 Å². The van der Waals surface area contributed by atoms with Crippen LogP contribution in [0.1, 0.15) is 0 Å². The van der Waals surface area contributed by atoms with Crippen molar-refractivity contribution in [2.75, 3.05) is 0 Å². The van der Waals surface area contributed by atoms with E-state index in [0.29, 0.717) is 4.47 Å². The van der Waals surface area contributed by atoms with Crippen molar-refractivity contribution in [3.8, 4) is 0 Å². The zero-order valence-electron chi connectivity index (χ0n) is 6.14. The Labute approximate surface area is 84.3 Å². The lowest BCUT2D eigenvalue weighted by molar-refractivity contribution is -0.387. The van der Waals surface area contributed by atoms with Crippen molar-refractivity contribution < 1.29 is 13.7 Å². The lowest BCUT2D eigenvalue weighted by Crippen LogP contribution is -1.97. The predicted molar refractivity (Wildman–Crippen MR) is 49.8 cm³/mol. The van der Waals surface area contributed by atoms with Crippen molar-refractivity contribution >= 4 is 32.7 Å². The van der Waals surface area contributed by atoms with Gasteiger partial charge in [-0.3, -0.25) is 10.1 Å².